The highest BCUT2D eigenvalue weighted by Crippen LogP contribution is 2.16. The normalized spacial score (nSPS) is 10.1. The van der Waals surface area contributed by atoms with Crippen LogP contribution in [-0.2, 0) is 11.3 Å². The lowest BCUT2D eigenvalue weighted by atomic mass is 10.3. The Morgan fingerprint density at radius 2 is 2.39 bits per heavy atom. The number of nitrogens with zero attached hydrogens (tertiary/aromatic N) is 2. The summed E-state index contributed by atoms with van der Waals surface area (Å²) in [7, 11) is 0. The maximum atomic E-state index is 11.4. The third-order valence-corrected chi connectivity index (χ3v) is 2.94. The zero-order valence-electron chi connectivity index (χ0n) is 9.92. The largest absolute Gasteiger partial charge is 0.461 e. The Morgan fingerprint density at radius 1 is 1.50 bits per heavy atom. The SMILES string of the molecule is CCOC(=O)c1csc(NCc2ccccn2)n1. The van der Waals surface area contributed by atoms with E-state index < -0.39 is 0 Å². The molecule has 0 aromatic carbocycles. The average molecular weight is 263 g/mol. The van der Waals surface area contributed by atoms with Gasteiger partial charge in [0, 0.05) is 11.6 Å². The van der Waals surface area contributed by atoms with Crippen molar-refractivity contribution < 1.29 is 9.53 Å². The number of carbonyl (C=O) groups is 1. The highest BCUT2D eigenvalue weighted by Gasteiger charge is 2.11. The summed E-state index contributed by atoms with van der Waals surface area (Å²) in [4.78, 5) is 19.8. The van der Waals surface area contributed by atoms with Crippen LogP contribution in [0.2, 0.25) is 0 Å². The predicted octanol–water partition coefficient (Wildman–Crippen LogP) is 2.33. The maximum Gasteiger partial charge on any atom is 0.357 e. The van der Waals surface area contributed by atoms with E-state index in [9.17, 15) is 4.79 Å². The summed E-state index contributed by atoms with van der Waals surface area (Å²) >= 11 is 1.37. The number of rotatable bonds is 5. The average Bonchev–Trinajstić information content (AvgIpc) is 2.87. The van der Waals surface area contributed by atoms with Gasteiger partial charge in [-0.05, 0) is 19.1 Å². The Balaban J connectivity index is 1.93. The van der Waals surface area contributed by atoms with E-state index in [4.69, 9.17) is 4.74 Å². The number of carbonyl (C=O) groups excluding carboxylic acids is 1. The van der Waals surface area contributed by atoms with Crippen molar-refractivity contribution in [3.8, 4) is 0 Å². The van der Waals surface area contributed by atoms with Crippen LogP contribution in [0.15, 0.2) is 29.8 Å². The van der Waals surface area contributed by atoms with Crippen LogP contribution < -0.4 is 5.32 Å². The van der Waals surface area contributed by atoms with Gasteiger partial charge >= 0.3 is 5.97 Å². The highest BCUT2D eigenvalue weighted by molar-refractivity contribution is 7.13. The van der Waals surface area contributed by atoms with Crippen LogP contribution in [0.25, 0.3) is 0 Å². The van der Waals surface area contributed by atoms with Gasteiger partial charge < -0.3 is 10.1 Å². The summed E-state index contributed by atoms with van der Waals surface area (Å²) in [5.74, 6) is -0.389. The zero-order chi connectivity index (χ0) is 12.8. The Bertz CT molecular complexity index is 513. The van der Waals surface area contributed by atoms with Crippen LogP contribution in [0.1, 0.15) is 23.1 Å². The van der Waals surface area contributed by atoms with Crippen LogP contribution in [0.4, 0.5) is 5.13 Å². The van der Waals surface area contributed by atoms with E-state index in [1.165, 1.54) is 11.3 Å². The number of hydrogen-bond acceptors (Lipinski definition) is 6. The molecule has 0 saturated heterocycles. The number of aromatic nitrogens is 2. The van der Waals surface area contributed by atoms with Gasteiger partial charge in [0.15, 0.2) is 10.8 Å². The van der Waals surface area contributed by atoms with Crippen LogP contribution in [0.5, 0.6) is 0 Å². The molecule has 1 N–H and O–H groups in total. The molecule has 0 unspecified atom stereocenters. The lowest BCUT2D eigenvalue weighted by Crippen LogP contribution is -2.06. The van der Waals surface area contributed by atoms with Gasteiger partial charge in [-0.3, -0.25) is 4.98 Å². The fourth-order valence-corrected chi connectivity index (χ4v) is 2.00. The van der Waals surface area contributed by atoms with Crippen molar-refractivity contribution in [2.45, 2.75) is 13.5 Å². The third-order valence-electron chi connectivity index (χ3n) is 2.14. The molecule has 0 bridgehead atoms. The summed E-state index contributed by atoms with van der Waals surface area (Å²) in [6.07, 6.45) is 1.74. The summed E-state index contributed by atoms with van der Waals surface area (Å²) < 4.78 is 4.87. The first-order valence-electron chi connectivity index (χ1n) is 5.56. The molecule has 0 atom stereocenters. The monoisotopic (exact) mass is 263 g/mol. The fraction of sp³-hybridized carbons (Fsp3) is 0.250. The number of ether oxygens (including phenoxy) is 1. The van der Waals surface area contributed by atoms with Crippen LogP contribution in [0.3, 0.4) is 0 Å². The summed E-state index contributed by atoms with van der Waals surface area (Å²) in [5.41, 5.74) is 1.26. The third kappa shape index (κ3) is 3.27. The first-order valence-corrected chi connectivity index (χ1v) is 6.44. The molecule has 0 radical (unpaired) electrons. The Labute approximate surface area is 109 Å². The quantitative estimate of drug-likeness (QED) is 0.839. The van der Waals surface area contributed by atoms with Crippen molar-refractivity contribution in [2.75, 3.05) is 11.9 Å². The number of hydrogen-bond donors (Lipinski definition) is 1. The summed E-state index contributed by atoms with van der Waals surface area (Å²) in [5, 5.41) is 5.48. The van der Waals surface area contributed by atoms with E-state index in [1.54, 1.807) is 18.5 Å². The molecule has 2 heterocycles. The Hall–Kier alpha value is -1.95. The summed E-state index contributed by atoms with van der Waals surface area (Å²) in [6.45, 7) is 2.70. The molecule has 94 valence electrons. The van der Waals surface area contributed by atoms with Gasteiger partial charge in [0.05, 0.1) is 18.8 Å². The maximum absolute atomic E-state index is 11.4. The first-order chi connectivity index (χ1) is 8.79. The van der Waals surface area contributed by atoms with Gasteiger partial charge in [-0.1, -0.05) is 6.07 Å². The van der Waals surface area contributed by atoms with Crippen molar-refractivity contribution in [1.29, 1.82) is 0 Å². The summed E-state index contributed by atoms with van der Waals surface area (Å²) in [6, 6.07) is 5.72. The lowest BCUT2D eigenvalue weighted by molar-refractivity contribution is 0.0520. The second-order valence-electron chi connectivity index (χ2n) is 3.43. The van der Waals surface area contributed by atoms with Gasteiger partial charge in [0.1, 0.15) is 0 Å². The Morgan fingerprint density at radius 3 is 3.11 bits per heavy atom. The van der Waals surface area contributed by atoms with E-state index >= 15 is 0 Å². The van der Waals surface area contributed by atoms with Crippen molar-refractivity contribution in [3.63, 3.8) is 0 Å². The number of pyridine rings is 1. The molecular weight excluding hydrogens is 250 g/mol. The lowest BCUT2D eigenvalue weighted by Gasteiger charge is -2.01. The first kappa shape index (κ1) is 12.5. The van der Waals surface area contributed by atoms with Crippen molar-refractivity contribution in [1.82, 2.24) is 9.97 Å². The molecule has 0 spiro atoms. The van der Waals surface area contributed by atoms with E-state index in [-0.39, 0.29) is 5.97 Å². The molecule has 18 heavy (non-hydrogen) atoms. The van der Waals surface area contributed by atoms with E-state index in [0.717, 1.165) is 5.69 Å². The van der Waals surface area contributed by atoms with Crippen LogP contribution in [-0.4, -0.2) is 22.5 Å². The van der Waals surface area contributed by atoms with Crippen molar-refractivity contribution in [3.05, 3.63) is 41.2 Å². The molecule has 2 aromatic rings. The number of anilines is 1. The minimum atomic E-state index is -0.389. The van der Waals surface area contributed by atoms with Crippen molar-refractivity contribution in [2.24, 2.45) is 0 Å². The fourth-order valence-electron chi connectivity index (χ4n) is 1.32. The highest BCUT2D eigenvalue weighted by atomic mass is 32.1. The minimum absolute atomic E-state index is 0.338. The molecule has 0 saturated carbocycles. The smallest absolute Gasteiger partial charge is 0.357 e. The number of thiazole rings is 1. The molecule has 0 amide bonds. The molecule has 0 aliphatic carbocycles. The molecule has 6 heteroatoms. The Kier molecular flexibility index (Phi) is 4.25. The van der Waals surface area contributed by atoms with Crippen LogP contribution >= 0.6 is 11.3 Å². The molecular formula is C12H13N3O2S. The van der Waals surface area contributed by atoms with Gasteiger partial charge in [-0.2, -0.15) is 0 Å². The molecule has 2 rings (SSSR count). The topological polar surface area (TPSA) is 64.1 Å². The van der Waals surface area contributed by atoms with Gasteiger partial charge in [-0.15, -0.1) is 11.3 Å². The molecule has 5 nitrogen and oxygen atoms in total. The van der Waals surface area contributed by atoms with Crippen LogP contribution in [0, 0.1) is 0 Å². The van der Waals surface area contributed by atoms with E-state index in [0.29, 0.717) is 24.0 Å². The molecule has 2 aromatic heterocycles. The minimum Gasteiger partial charge on any atom is -0.461 e. The van der Waals surface area contributed by atoms with Crippen molar-refractivity contribution >= 4 is 22.4 Å². The van der Waals surface area contributed by atoms with Gasteiger partial charge in [0.25, 0.3) is 0 Å². The molecule has 0 fully saturated rings. The zero-order valence-corrected chi connectivity index (χ0v) is 10.7. The second-order valence-corrected chi connectivity index (χ2v) is 4.29. The second kappa shape index (κ2) is 6.11. The van der Waals surface area contributed by atoms with E-state index in [1.807, 2.05) is 18.2 Å². The number of esters is 1. The standard InChI is InChI=1S/C12H13N3O2S/c1-2-17-11(16)10-8-18-12(15-10)14-7-9-5-3-4-6-13-9/h3-6,8H,2,7H2,1H3,(H,14,15). The van der Waals surface area contributed by atoms with E-state index in [2.05, 4.69) is 15.3 Å². The molecule has 0 aliphatic heterocycles. The van der Waals surface area contributed by atoms with Gasteiger partial charge in [0.2, 0.25) is 0 Å². The predicted molar refractivity (Wildman–Crippen MR) is 69.6 cm³/mol. The molecule has 0 aliphatic rings. The van der Waals surface area contributed by atoms with Gasteiger partial charge in [-0.25, -0.2) is 9.78 Å². The number of nitrogens with one attached hydrogen (secondary N) is 1.